The van der Waals surface area contributed by atoms with E-state index in [-0.39, 0.29) is 32.2 Å². The molecule has 0 amide bonds. The number of rotatable bonds is 50. The van der Waals surface area contributed by atoms with Crippen LogP contribution in [-0.2, 0) is 33.3 Å². The highest BCUT2D eigenvalue weighted by Crippen LogP contribution is 2.15. The van der Waals surface area contributed by atoms with E-state index in [1.54, 1.807) is 0 Å². The Hall–Kier alpha value is -3.53. The summed E-state index contributed by atoms with van der Waals surface area (Å²) in [6.07, 6.45) is 63.6. The Morgan fingerprint density at radius 3 is 1.23 bits per heavy atom. The van der Waals surface area contributed by atoms with E-state index in [0.29, 0.717) is 23.9 Å². The van der Waals surface area contributed by atoms with Gasteiger partial charge < -0.3 is 28.5 Å². The first-order valence-electron chi connectivity index (χ1n) is 27.8. The maximum Gasteiger partial charge on any atom is 0.361 e. The van der Waals surface area contributed by atoms with Crippen LogP contribution in [0.15, 0.2) is 85.1 Å². The van der Waals surface area contributed by atoms with Crippen molar-refractivity contribution < 1.29 is 42.9 Å². The smallest absolute Gasteiger partial charge is 0.361 e. The lowest BCUT2D eigenvalue weighted by molar-refractivity contribution is -0.870. The monoisotopic (exact) mass is 967 g/mol. The Morgan fingerprint density at radius 1 is 0.449 bits per heavy atom. The zero-order chi connectivity index (χ0) is 50.6. The first kappa shape index (κ1) is 65.5. The predicted molar refractivity (Wildman–Crippen MR) is 290 cm³/mol. The molecule has 0 saturated carbocycles. The van der Waals surface area contributed by atoms with Gasteiger partial charge in [0, 0.05) is 12.8 Å². The van der Waals surface area contributed by atoms with Crippen LogP contribution < -0.4 is 0 Å². The molecule has 0 aliphatic carbocycles. The van der Waals surface area contributed by atoms with E-state index in [2.05, 4.69) is 98.9 Å². The van der Waals surface area contributed by atoms with Crippen molar-refractivity contribution in [2.45, 2.75) is 232 Å². The van der Waals surface area contributed by atoms with Gasteiger partial charge in [-0.3, -0.25) is 9.59 Å². The van der Waals surface area contributed by atoms with E-state index >= 15 is 0 Å². The van der Waals surface area contributed by atoms with Gasteiger partial charge in [-0.15, -0.1) is 0 Å². The SMILES string of the molecule is CC/C=C\C/C=C\C/C=C\C/C=C\C/C=C\CCCCCCCCCCCC(=O)OC(COC(=O)CCCCCCCCCCC/C=C\C/C=C\CCCCC)COC(OCC[N+](C)(C)C)C(=O)O. The number of carboxylic acids is 1. The van der Waals surface area contributed by atoms with Crippen LogP contribution in [0.1, 0.15) is 219 Å². The molecule has 396 valence electrons. The topological polar surface area (TPSA) is 108 Å². The first-order chi connectivity index (χ1) is 33.6. The number of aliphatic carboxylic acids is 1. The van der Waals surface area contributed by atoms with E-state index in [1.165, 1.54) is 103 Å². The average molecular weight is 967 g/mol. The van der Waals surface area contributed by atoms with Gasteiger partial charge in [-0.2, -0.15) is 0 Å². The molecule has 2 unspecified atom stereocenters. The van der Waals surface area contributed by atoms with Crippen LogP contribution in [0.4, 0.5) is 0 Å². The number of allylic oxidation sites excluding steroid dienone is 14. The van der Waals surface area contributed by atoms with Crippen molar-refractivity contribution >= 4 is 17.9 Å². The van der Waals surface area contributed by atoms with E-state index < -0.39 is 24.3 Å². The van der Waals surface area contributed by atoms with Crippen molar-refractivity contribution in [3.05, 3.63) is 85.1 Å². The summed E-state index contributed by atoms with van der Waals surface area (Å²) in [5.41, 5.74) is 0. The third kappa shape index (κ3) is 52.1. The van der Waals surface area contributed by atoms with Gasteiger partial charge in [0.2, 0.25) is 0 Å². The van der Waals surface area contributed by atoms with Gasteiger partial charge >= 0.3 is 17.9 Å². The van der Waals surface area contributed by atoms with E-state index in [4.69, 9.17) is 18.9 Å². The predicted octanol–water partition coefficient (Wildman–Crippen LogP) is 16.0. The molecule has 9 heteroatoms. The number of likely N-dealkylation sites (N-methyl/N-ethyl adjacent to an activating group) is 1. The molecule has 0 aromatic rings. The summed E-state index contributed by atoms with van der Waals surface area (Å²) >= 11 is 0. The second kappa shape index (κ2) is 50.8. The fourth-order valence-electron chi connectivity index (χ4n) is 7.36. The second-order valence-electron chi connectivity index (χ2n) is 19.5. The summed E-state index contributed by atoms with van der Waals surface area (Å²) in [5.74, 6) is -2.02. The molecule has 0 aliphatic rings. The molecule has 0 aromatic carbocycles. The molecule has 0 bridgehead atoms. The van der Waals surface area contributed by atoms with Crippen LogP contribution in [0.3, 0.4) is 0 Å². The summed E-state index contributed by atoms with van der Waals surface area (Å²) in [4.78, 5) is 37.4. The molecule has 0 fully saturated rings. The second-order valence-corrected chi connectivity index (χ2v) is 19.5. The van der Waals surface area contributed by atoms with Gasteiger partial charge in [0.05, 0.1) is 34.4 Å². The van der Waals surface area contributed by atoms with Crippen LogP contribution in [0.2, 0.25) is 0 Å². The number of carbonyl (C=O) groups excluding carboxylic acids is 2. The molecule has 1 N–H and O–H groups in total. The molecule has 0 heterocycles. The van der Waals surface area contributed by atoms with Crippen LogP contribution in [0.25, 0.3) is 0 Å². The van der Waals surface area contributed by atoms with Crippen molar-refractivity contribution in [3.8, 4) is 0 Å². The number of hydrogen-bond acceptors (Lipinski definition) is 7. The Balaban J connectivity index is 4.31. The zero-order valence-corrected chi connectivity index (χ0v) is 44.9. The van der Waals surface area contributed by atoms with Crippen molar-refractivity contribution in [1.29, 1.82) is 0 Å². The average Bonchev–Trinajstić information content (AvgIpc) is 3.31. The molecule has 69 heavy (non-hydrogen) atoms. The van der Waals surface area contributed by atoms with Crippen molar-refractivity contribution in [1.82, 2.24) is 0 Å². The van der Waals surface area contributed by atoms with Crippen LogP contribution in [-0.4, -0.2) is 87.4 Å². The molecule has 0 aliphatic heterocycles. The summed E-state index contributed by atoms with van der Waals surface area (Å²) in [5, 5.41) is 9.69. The molecular weight excluding hydrogens is 863 g/mol. The molecule has 0 saturated heterocycles. The fraction of sp³-hybridized carbons (Fsp3) is 0.717. The third-order valence-corrected chi connectivity index (χ3v) is 11.6. The highest BCUT2D eigenvalue weighted by molar-refractivity contribution is 5.71. The van der Waals surface area contributed by atoms with Crippen LogP contribution in [0, 0.1) is 0 Å². The largest absolute Gasteiger partial charge is 0.477 e. The number of nitrogens with zero attached hydrogens (tertiary/aromatic N) is 1. The minimum absolute atomic E-state index is 0.182. The number of carbonyl (C=O) groups is 3. The molecule has 9 nitrogen and oxygen atoms in total. The number of carboxylic acid groups (broad SMARTS) is 1. The summed E-state index contributed by atoms with van der Waals surface area (Å²) in [7, 11) is 5.96. The zero-order valence-electron chi connectivity index (χ0n) is 44.9. The lowest BCUT2D eigenvalue weighted by atomic mass is 10.1. The van der Waals surface area contributed by atoms with Gasteiger partial charge in [-0.1, -0.05) is 202 Å². The summed E-state index contributed by atoms with van der Waals surface area (Å²) < 4.78 is 22.9. The van der Waals surface area contributed by atoms with Crippen molar-refractivity contribution in [2.75, 3.05) is 47.5 Å². The van der Waals surface area contributed by atoms with E-state index in [0.717, 1.165) is 83.5 Å². The first-order valence-corrected chi connectivity index (χ1v) is 27.8. The lowest BCUT2D eigenvalue weighted by Crippen LogP contribution is -2.40. The van der Waals surface area contributed by atoms with Crippen LogP contribution >= 0.6 is 0 Å². The highest BCUT2D eigenvalue weighted by Gasteiger charge is 2.25. The normalized spacial score (nSPS) is 13.5. The molecule has 0 radical (unpaired) electrons. The number of ether oxygens (including phenoxy) is 4. The maximum absolute atomic E-state index is 12.9. The quantitative estimate of drug-likeness (QED) is 0.0211. The highest BCUT2D eigenvalue weighted by atomic mass is 16.7. The Morgan fingerprint density at radius 2 is 0.826 bits per heavy atom. The van der Waals surface area contributed by atoms with Gasteiger partial charge in [-0.05, 0) is 89.9 Å². The maximum atomic E-state index is 12.9. The molecule has 0 aromatic heterocycles. The van der Waals surface area contributed by atoms with Crippen LogP contribution in [0.5, 0.6) is 0 Å². The Labute approximate surface area is 423 Å². The standard InChI is InChI=1S/C60H103NO8/c1-6-8-10-12-14-16-18-20-22-24-26-27-28-29-30-31-33-35-37-39-41-43-45-47-49-51-58(63)69-56(55-68-60(59(64)65)66-53-52-61(3,4)5)54-67-57(62)50-48-46-44-42-40-38-36-34-32-25-23-21-19-17-15-13-11-9-7-2/h8,10,14-17,20-23,26-27,29-30,56,60H,6-7,9,11-13,18-19,24-25,28,31-55H2,1-5H3/p+1/b10-8-,16-14-,17-15-,22-20-,23-21-,27-26-,30-29-. The Bertz CT molecular complexity index is 1400. The third-order valence-electron chi connectivity index (χ3n) is 11.6. The van der Waals surface area contributed by atoms with Gasteiger partial charge in [0.25, 0.3) is 6.29 Å². The van der Waals surface area contributed by atoms with Gasteiger partial charge in [-0.25, -0.2) is 4.79 Å². The number of hydrogen-bond donors (Lipinski definition) is 1. The molecule has 0 spiro atoms. The van der Waals surface area contributed by atoms with Crippen molar-refractivity contribution in [3.63, 3.8) is 0 Å². The fourth-order valence-corrected chi connectivity index (χ4v) is 7.36. The molecular formula is C60H104NO8+. The number of esters is 2. The van der Waals surface area contributed by atoms with Crippen molar-refractivity contribution in [2.24, 2.45) is 0 Å². The van der Waals surface area contributed by atoms with Gasteiger partial charge in [0.1, 0.15) is 13.2 Å². The van der Waals surface area contributed by atoms with E-state index in [9.17, 15) is 19.5 Å². The lowest BCUT2D eigenvalue weighted by Gasteiger charge is -2.25. The summed E-state index contributed by atoms with van der Waals surface area (Å²) in [6.45, 7) is 4.73. The van der Waals surface area contributed by atoms with Gasteiger partial charge in [0.15, 0.2) is 6.10 Å². The number of quaternary nitrogens is 1. The molecule has 2 atom stereocenters. The minimum Gasteiger partial charge on any atom is -0.477 e. The minimum atomic E-state index is -1.52. The van der Waals surface area contributed by atoms with E-state index in [1.807, 2.05) is 21.1 Å². The molecule has 0 rings (SSSR count). The Kier molecular flexibility index (Phi) is 48.2. The summed E-state index contributed by atoms with van der Waals surface area (Å²) in [6, 6.07) is 0. The number of unbranched alkanes of at least 4 members (excludes halogenated alkanes) is 21.